The predicted octanol–water partition coefficient (Wildman–Crippen LogP) is 5.21. The standard InChI is InChI=1S/C18H28O3S2/c1-17(2,3)22-11-13-7-14(12-23-18(4,5)6)9-15(8-13)21-10-16(19)20/h7-9H,10-12H2,1-6H3,(H,19,20). The molecular weight excluding hydrogens is 328 g/mol. The van der Waals surface area contributed by atoms with E-state index in [9.17, 15) is 4.79 Å². The smallest absolute Gasteiger partial charge is 0.341 e. The molecule has 130 valence electrons. The van der Waals surface area contributed by atoms with Crippen molar-refractivity contribution in [2.75, 3.05) is 6.61 Å². The van der Waals surface area contributed by atoms with E-state index in [1.807, 2.05) is 35.7 Å². The third kappa shape index (κ3) is 9.82. The lowest BCUT2D eigenvalue weighted by Crippen LogP contribution is -2.11. The van der Waals surface area contributed by atoms with E-state index in [4.69, 9.17) is 9.84 Å². The van der Waals surface area contributed by atoms with Gasteiger partial charge in [-0.05, 0) is 23.3 Å². The summed E-state index contributed by atoms with van der Waals surface area (Å²) >= 11 is 3.75. The summed E-state index contributed by atoms with van der Waals surface area (Å²) < 4.78 is 5.78. The fourth-order valence-corrected chi connectivity index (χ4v) is 3.26. The van der Waals surface area contributed by atoms with Gasteiger partial charge in [0.1, 0.15) is 5.75 Å². The Morgan fingerprint density at radius 2 is 1.39 bits per heavy atom. The molecule has 1 N–H and O–H groups in total. The van der Waals surface area contributed by atoms with Crippen LogP contribution in [-0.4, -0.2) is 27.2 Å². The maximum absolute atomic E-state index is 10.7. The zero-order valence-corrected chi connectivity index (χ0v) is 16.6. The van der Waals surface area contributed by atoms with Crippen molar-refractivity contribution in [2.45, 2.75) is 62.5 Å². The molecule has 0 amide bonds. The van der Waals surface area contributed by atoms with E-state index in [1.165, 1.54) is 11.1 Å². The Hall–Kier alpha value is -0.810. The van der Waals surface area contributed by atoms with Crippen LogP contribution in [0, 0.1) is 0 Å². The number of thioether (sulfide) groups is 2. The fraction of sp³-hybridized carbons (Fsp3) is 0.611. The first-order valence-corrected chi connectivity index (χ1v) is 9.67. The first-order chi connectivity index (χ1) is 10.4. The Morgan fingerprint density at radius 1 is 0.957 bits per heavy atom. The zero-order chi connectivity index (χ0) is 17.7. The first kappa shape index (κ1) is 20.2. The maximum Gasteiger partial charge on any atom is 0.341 e. The van der Waals surface area contributed by atoms with Crippen LogP contribution >= 0.6 is 23.5 Å². The lowest BCUT2D eigenvalue weighted by Gasteiger charge is -2.20. The van der Waals surface area contributed by atoms with Gasteiger partial charge in [0.2, 0.25) is 0 Å². The lowest BCUT2D eigenvalue weighted by atomic mass is 10.1. The molecule has 0 saturated heterocycles. The van der Waals surface area contributed by atoms with Crippen molar-refractivity contribution in [1.29, 1.82) is 0 Å². The van der Waals surface area contributed by atoms with Crippen LogP contribution in [0.1, 0.15) is 52.7 Å². The Balaban J connectivity index is 2.89. The SMILES string of the molecule is CC(C)(C)SCc1cc(CSC(C)(C)C)cc(OCC(=O)O)c1. The molecule has 0 heterocycles. The summed E-state index contributed by atoms with van der Waals surface area (Å²) in [7, 11) is 0. The second-order valence-electron chi connectivity index (χ2n) is 7.47. The third-order valence-electron chi connectivity index (χ3n) is 2.73. The monoisotopic (exact) mass is 356 g/mol. The number of rotatable bonds is 7. The molecular formula is C18H28O3S2. The topological polar surface area (TPSA) is 46.5 Å². The van der Waals surface area contributed by atoms with E-state index < -0.39 is 5.97 Å². The Morgan fingerprint density at radius 3 is 1.74 bits per heavy atom. The van der Waals surface area contributed by atoms with E-state index in [0.717, 1.165) is 11.5 Å². The van der Waals surface area contributed by atoms with Gasteiger partial charge in [-0.2, -0.15) is 23.5 Å². The van der Waals surface area contributed by atoms with Gasteiger partial charge in [-0.15, -0.1) is 0 Å². The van der Waals surface area contributed by atoms with Crippen LogP contribution < -0.4 is 4.74 Å². The van der Waals surface area contributed by atoms with Crippen LogP contribution in [0.2, 0.25) is 0 Å². The van der Waals surface area contributed by atoms with Crippen molar-refractivity contribution in [3.8, 4) is 5.75 Å². The number of carbonyl (C=O) groups is 1. The maximum atomic E-state index is 10.7. The first-order valence-electron chi connectivity index (χ1n) is 7.70. The molecule has 0 aliphatic carbocycles. The number of hydrogen-bond donors (Lipinski definition) is 1. The van der Waals surface area contributed by atoms with Crippen LogP contribution in [0.25, 0.3) is 0 Å². The highest BCUT2D eigenvalue weighted by Gasteiger charge is 2.14. The quantitative estimate of drug-likeness (QED) is 0.726. The molecule has 1 aromatic rings. The summed E-state index contributed by atoms with van der Waals surface area (Å²) in [5.41, 5.74) is 2.36. The summed E-state index contributed by atoms with van der Waals surface area (Å²) in [6.07, 6.45) is 0. The lowest BCUT2D eigenvalue weighted by molar-refractivity contribution is -0.139. The summed E-state index contributed by atoms with van der Waals surface area (Å²) in [5, 5.41) is 8.80. The van der Waals surface area contributed by atoms with Crippen LogP contribution in [0.3, 0.4) is 0 Å². The Kier molecular flexibility index (Phi) is 7.33. The summed E-state index contributed by atoms with van der Waals surface area (Å²) in [4.78, 5) is 10.7. The third-order valence-corrected chi connectivity index (χ3v) is 5.42. The van der Waals surface area contributed by atoms with Gasteiger partial charge >= 0.3 is 5.97 Å². The van der Waals surface area contributed by atoms with Gasteiger partial charge in [0.25, 0.3) is 0 Å². The molecule has 0 aliphatic rings. The molecule has 0 aliphatic heterocycles. The highest BCUT2D eigenvalue weighted by atomic mass is 32.2. The number of carboxylic acids is 1. The molecule has 5 heteroatoms. The number of benzene rings is 1. The van der Waals surface area contributed by atoms with Gasteiger partial charge in [-0.1, -0.05) is 47.6 Å². The average Bonchev–Trinajstić information content (AvgIpc) is 2.39. The molecule has 0 saturated carbocycles. The number of carboxylic acid groups (broad SMARTS) is 1. The van der Waals surface area contributed by atoms with Gasteiger partial charge < -0.3 is 9.84 Å². The van der Waals surface area contributed by atoms with Crippen LogP contribution in [0.15, 0.2) is 18.2 Å². The Bertz CT molecular complexity index is 492. The molecule has 3 nitrogen and oxygen atoms in total. The van der Waals surface area contributed by atoms with Gasteiger partial charge in [-0.25, -0.2) is 4.79 Å². The van der Waals surface area contributed by atoms with Crippen LogP contribution in [0.5, 0.6) is 5.75 Å². The molecule has 0 unspecified atom stereocenters. The van der Waals surface area contributed by atoms with E-state index in [0.29, 0.717) is 5.75 Å². The minimum Gasteiger partial charge on any atom is -0.482 e. The van der Waals surface area contributed by atoms with Gasteiger partial charge in [0.15, 0.2) is 6.61 Å². The highest BCUT2D eigenvalue weighted by molar-refractivity contribution is 8.00. The van der Waals surface area contributed by atoms with E-state index in [-0.39, 0.29) is 16.1 Å². The largest absolute Gasteiger partial charge is 0.482 e. The highest BCUT2D eigenvalue weighted by Crippen LogP contribution is 2.32. The predicted molar refractivity (Wildman–Crippen MR) is 102 cm³/mol. The molecule has 1 aromatic carbocycles. The van der Waals surface area contributed by atoms with Gasteiger partial charge in [0.05, 0.1) is 0 Å². The molecule has 0 atom stereocenters. The molecule has 0 fully saturated rings. The summed E-state index contributed by atoms with van der Waals surface area (Å²) in [5.74, 6) is 1.47. The second-order valence-corrected chi connectivity index (χ2v) is 11.1. The van der Waals surface area contributed by atoms with Crippen LogP contribution in [0.4, 0.5) is 0 Å². The van der Waals surface area contributed by atoms with E-state index >= 15 is 0 Å². The molecule has 0 bridgehead atoms. The molecule has 0 spiro atoms. The summed E-state index contributed by atoms with van der Waals surface area (Å²) in [6.45, 7) is 12.9. The normalized spacial score (nSPS) is 12.3. The molecule has 0 radical (unpaired) electrons. The van der Waals surface area contributed by atoms with Crippen molar-refractivity contribution in [3.63, 3.8) is 0 Å². The van der Waals surface area contributed by atoms with Crippen molar-refractivity contribution in [3.05, 3.63) is 29.3 Å². The van der Waals surface area contributed by atoms with Gasteiger partial charge in [0, 0.05) is 21.0 Å². The number of aliphatic carboxylic acids is 1. The van der Waals surface area contributed by atoms with Crippen molar-refractivity contribution in [1.82, 2.24) is 0 Å². The summed E-state index contributed by atoms with van der Waals surface area (Å²) in [6, 6.07) is 6.10. The van der Waals surface area contributed by atoms with Crippen LogP contribution in [-0.2, 0) is 16.3 Å². The number of ether oxygens (including phenoxy) is 1. The van der Waals surface area contributed by atoms with E-state index in [2.05, 4.69) is 47.6 Å². The molecule has 1 rings (SSSR count). The van der Waals surface area contributed by atoms with E-state index in [1.54, 1.807) is 0 Å². The zero-order valence-electron chi connectivity index (χ0n) is 14.9. The Labute approximate surface area is 148 Å². The minimum absolute atomic E-state index is 0.193. The molecule has 23 heavy (non-hydrogen) atoms. The van der Waals surface area contributed by atoms with Crippen molar-refractivity contribution < 1.29 is 14.6 Å². The minimum atomic E-state index is -0.954. The average molecular weight is 357 g/mol. The van der Waals surface area contributed by atoms with Gasteiger partial charge in [-0.3, -0.25) is 0 Å². The molecule has 0 aromatic heterocycles. The fourth-order valence-electron chi connectivity index (χ4n) is 1.72. The number of hydrogen-bond acceptors (Lipinski definition) is 4. The van der Waals surface area contributed by atoms with Crippen molar-refractivity contribution in [2.24, 2.45) is 0 Å². The van der Waals surface area contributed by atoms with Crippen molar-refractivity contribution >= 4 is 29.5 Å². The second kappa shape index (κ2) is 8.34.